The van der Waals surface area contributed by atoms with Crippen LogP contribution < -0.4 is 5.32 Å². The lowest BCUT2D eigenvalue weighted by Gasteiger charge is -2.05. The van der Waals surface area contributed by atoms with E-state index in [1.54, 1.807) is 29.9 Å². The summed E-state index contributed by atoms with van der Waals surface area (Å²) in [6.07, 6.45) is 1.69. The number of benzene rings is 2. The molecular weight excluding hydrogens is 450 g/mol. The van der Waals surface area contributed by atoms with Crippen LogP contribution in [0.1, 0.15) is 11.4 Å². The van der Waals surface area contributed by atoms with Crippen molar-refractivity contribution in [2.45, 2.75) is 12.1 Å². The summed E-state index contributed by atoms with van der Waals surface area (Å²) >= 11 is 10.5. The lowest BCUT2D eigenvalue weighted by atomic mass is 10.2. The first-order valence-electron chi connectivity index (χ1n) is 7.91. The lowest BCUT2D eigenvalue weighted by molar-refractivity contribution is -0.113. The van der Waals surface area contributed by atoms with Crippen LogP contribution in [0.15, 0.2) is 63.3 Å². The number of carbonyl (C=O) groups is 1. The smallest absolute Gasteiger partial charge is 0.234 e. The molecule has 0 radical (unpaired) electrons. The SMILES string of the molecule is Cc1nnc(SCC(=O)Nc2ccc(Br)cc2)n1/N=C\c1ccc(Cl)cc1. The minimum atomic E-state index is -0.129. The fourth-order valence-electron chi connectivity index (χ4n) is 2.09. The van der Waals surface area contributed by atoms with E-state index in [0.29, 0.717) is 16.0 Å². The highest BCUT2D eigenvalue weighted by Gasteiger charge is 2.11. The molecule has 0 aliphatic carbocycles. The van der Waals surface area contributed by atoms with E-state index in [1.807, 2.05) is 36.4 Å². The minimum absolute atomic E-state index is 0.129. The van der Waals surface area contributed by atoms with Gasteiger partial charge in [0.05, 0.1) is 12.0 Å². The van der Waals surface area contributed by atoms with Gasteiger partial charge >= 0.3 is 0 Å². The first kappa shape index (κ1) is 19.6. The maximum atomic E-state index is 12.1. The summed E-state index contributed by atoms with van der Waals surface area (Å²) in [5, 5.41) is 16.6. The number of nitrogens with one attached hydrogen (secondary N) is 1. The Kier molecular flexibility index (Phi) is 6.65. The van der Waals surface area contributed by atoms with E-state index in [1.165, 1.54) is 11.8 Å². The normalized spacial score (nSPS) is 11.1. The third-order valence-electron chi connectivity index (χ3n) is 3.42. The van der Waals surface area contributed by atoms with Gasteiger partial charge in [-0.15, -0.1) is 10.2 Å². The van der Waals surface area contributed by atoms with Crippen LogP contribution >= 0.6 is 39.3 Å². The number of rotatable bonds is 6. The van der Waals surface area contributed by atoms with Crippen molar-refractivity contribution in [2.24, 2.45) is 5.10 Å². The molecule has 1 N–H and O–H groups in total. The number of thioether (sulfide) groups is 1. The monoisotopic (exact) mass is 463 g/mol. The molecule has 3 aromatic rings. The molecule has 1 aromatic heterocycles. The molecule has 2 aromatic carbocycles. The molecule has 1 amide bonds. The van der Waals surface area contributed by atoms with Crippen molar-refractivity contribution in [1.82, 2.24) is 14.9 Å². The van der Waals surface area contributed by atoms with E-state index >= 15 is 0 Å². The molecule has 6 nitrogen and oxygen atoms in total. The van der Waals surface area contributed by atoms with Crippen LogP contribution in [0.3, 0.4) is 0 Å². The van der Waals surface area contributed by atoms with E-state index in [0.717, 1.165) is 15.7 Å². The predicted molar refractivity (Wildman–Crippen MR) is 113 cm³/mol. The van der Waals surface area contributed by atoms with E-state index in [4.69, 9.17) is 11.6 Å². The third kappa shape index (κ3) is 5.66. The Morgan fingerprint density at radius 2 is 1.93 bits per heavy atom. The number of aromatic nitrogens is 3. The number of carbonyl (C=O) groups excluding carboxylic acids is 1. The maximum absolute atomic E-state index is 12.1. The van der Waals surface area contributed by atoms with Crippen LogP contribution in [-0.2, 0) is 4.79 Å². The minimum Gasteiger partial charge on any atom is -0.325 e. The van der Waals surface area contributed by atoms with Gasteiger partial charge in [-0.25, -0.2) is 0 Å². The number of amides is 1. The van der Waals surface area contributed by atoms with Gasteiger partial charge in [0.2, 0.25) is 11.1 Å². The van der Waals surface area contributed by atoms with Crippen molar-refractivity contribution in [3.8, 4) is 0 Å². The van der Waals surface area contributed by atoms with Crippen LogP contribution in [0.5, 0.6) is 0 Å². The molecule has 27 heavy (non-hydrogen) atoms. The van der Waals surface area contributed by atoms with Gasteiger partial charge in [0.25, 0.3) is 0 Å². The van der Waals surface area contributed by atoms with E-state index in [9.17, 15) is 4.79 Å². The Hall–Kier alpha value is -2.16. The number of anilines is 1. The van der Waals surface area contributed by atoms with Crippen molar-refractivity contribution in [3.05, 3.63) is 69.4 Å². The second-order valence-electron chi connectivity index (χ2n) is 5.48. The summed E-state index contributed by atoms with van der Waals surface area (Å²) in [4.78, 5) is 12.1. The summed E-state index contributed by atoms with van der Waals surface area (Å²) in [5.74, 6) is 0.706. The molecular formula is C18H15BrClN5OS. The Balaban J connectivity index is 1.63. The van der Waals surface area contributed by atoms with E-state index in [-0.39, 0.29) is 11.7 Å². The quantitative estimate of drug-likeness (QED) is 0.427. The van der Waals surface area contributed by atoms with Gasteiger partial charge in [-0.05, 0) is 48.9 Å². The van der Waals surface area contributed by atoms with E-state index in [2.05, 4.69) is 36.5 Å². The predicted octanol–water partition coefficient (Wildman–Crippen LogP) is 4.62. The van der Waals surface area contributed by atoms with Gasteiger partial charge in [-0.1, -0.05) is 51.4 Å². The zero-order valence-electron chi connectivity index (χ0n) is 14.3. The maximum Gasteiger partial charge on any atom is 0.234 e. The van der Waals surface area contributed by atoms with Crippen LogP contribution in [0.2, 0.25) is 5.02 Å². The summed E-state index contributed by atoms with van der Waals surface area (Å²) in [6.45, 7) is 1.80. The molecule has 0 aliphatic rings. The van der Waals surface area contributed by atoms with Crippen molar-refractivity contribution in [3.63, 3.8) is 0 Å². The van der Waals surface area contributed by atoms with Crippen molar-refractivity contribution in [2.75, 3.05) is 11.1 Å². The topological polar surface area (TPSA) is 72.2 Å². The second-order valence-corrected chi connectivity index (χ2v) is 7.78. The van der Waals surface area contributed by atoms with Crippen LogP contribution in [-0.4, -0.2) is 32.7 Å². The van der Waals surface area contributed by atoms with Gasteiger partial charge in [0.15, 0.2) is 5.82 Å². The van der Waals surface area contributed by atoms with Crippen molar-refractivity contribution < 1.29 is 4.79 Å². The van der Waals surface area contributed by atoms with Crippen molar-refractivity contribution in [1.29, 1.82) is 0 Å². The van der Waals surface area contributed by atoms with Gasteiger partial charge in [0, 0.05) is 15.2 Å². The van der Waals surface area contributed by atoms with Gasteiger partial charge in [0.1, 0.15) is 0 Å². The van der Waals surface area contributed by atoms with Gasteiger partial charge < -0.3 is 5.32 Å². The molecule has 9 heteroatoms. The molecule has 0 atom stereocenters. The average Bonchev–Trinajstić information content (AvgIpc) is 3.01. The van der Waals surface area contributed by atoms with Gasteiger partial charge in [-0.3, -0.25) is 4.79 Å². The molecule has 0 unspecified atom stereocenters. The summed E-state index contributed by atoms with van der Waals surface area (Å²) in [6, 6.07) is 14.7. The largest absolute Gasteiger partial charge is 0.325 e. The Bertz CT molecular complexity index is 957. The number of aryl methyl sites for hydroxylation is 1. The second kappa shape index (κ2) is 9.16. The Labute approximate surface area is 174 Å². The molecule has 3 rings (SSSR count). The average molecular weight is 465 g/mol. The third-order valence-corrected chi connectivity index (χ3v) is 5.12. The van der Waals surface area contributed by atoms with Crippen molar-refractivity contribution >= 4 is 57.1 Å². The summed E-state index contributed by atoms with van der Waals surface area (Å²) in [5.41, 5.74) is 1.64. The van der Waals surface area contributed by atoms with Crippen LogP contribution in [0.25, 0.3) is 0 Å². The molecule has 0 bridgehead atoms. The lowest BCUT2D eigenvalue weighted by Crippen LogP contribution is -2.14. The number of nitrogens with zero attached hydrogens (tertiary/aromatic N) is 4. The molecule has 0 saturated heterocycles. The number of hydrogen-bond donors (Lipinski definition) is 1. The van der Waals surface area contributed by atoms with E-state index < -0.39 is 0 Å². The van der Waals surface area contributed by atoms with Crippen LogP contribution in [0, 0.1) is 6.92 Å². The fraction of sp³-hybridized carbons (Fsp3) is 0.111. The fourth-order valence-corrected chi connectivity index (χ4v) is 3.22. The molecule has 1 heterocycles. The zero-order chi connectivity index (χ0) is 19.2. The zero-order valence-corrected chi connectivity index (χ0v) is 17.4. The van der Waals surface area contributed by atoms with Crippen LogP contribution in [0.4, 0.5) is 5.69 Å². The number of hydrogen-bond acceptors (Lipinski definition) is 5. The standard InChI is InChI=1S/C18H15BrClN5OS/c1-12-23-24-18(25(12)21-10-13-2-6-15(20)7-3-13)27-11-17(26)22-16-8-4-14(19)5-9-16/h2-10H,11H2,1H3,(H,22,26)/b21-10-. The molecule has 0 aliphatic heterocycles. The summed E-state index contributed by atoms with van der Waals surface area (Å²) < 4.78 is 2.56. The first-order chi connectivity index (χ1) is 13.0. The number of halogens is 2. The highest BCUT2D eigenvalue weighted by molar-refractivity contribution is 9.10. The molecule has 0 spiro atoms. The summed E-state index contributed by atoms with van der Waals surface area (Å²) in [7, 11) is 0. The Morgan fingerprint density at radius 3 is 2.63 bits per heavy atom. The first-order valence-corrected chi connectivity index (χ1v) is 10.1. The van der Waals surface area contributed by atoms with Gasteiger partial charge in [-0.2, -0.15) is 9.78 Å². The molecule has 0 fully saturated rings. The molecule has 138 valence electrons. The Morgan fingerprint density at radius 1 is 1.22 bits per heavy atom. The highest BCUT2D eigenvalue weighted by Crippen LogP contribution is 2.18. The molecule has 0 saturated carbocycles. The highest BCUT2D eigenvalue weighted by atomic mass is 79.9.